The summed E-state index contributed by atoms with van der Waals surface area (Å²) >= 11 is 0. The normalized spacial score (nSPS) is 25.8. The molecule has 0 radical (unpaired) electrons. The van der Waals surface area contributed by atoms with Gasteiger partial charge in [0.15, 0.2) is 23.1 Å². The van der Waals surface area contributed by atoms with Crippen molar-refractivity contribution in [3.8, 4) is 11.5 Å². The largest absolute Gasteiger partial charge is 0.507 e. The number of carboxylic acids is 1. The number of amides is 2. The third-order valence-electron chi connectivity index (χ3n) is 8.36. The fraction of sp³-hybridized carbons (Fsp3) is 0.233. The first-order chi connectivity index (χ1) is 19.0. The molecule has 2 amide bonds. The Hall–Kier alpha value is -4.86. The van der Waals surface area contributed by atoms with Crippen LogP contribution in [0.5, 0.6) is 11.5 Å². The van der Waals surface area contributed by atoms with E-state index in [9.17, 15) is 43.7 Å². The molecule has 4 aliphatic rings. The van der Waals surface area contributed by atoms with E-state index >= 15 is 0 Å². The minimum absolute atomic E-state index is 0.000668. The number of hydrogen-bond acceptors (Lipinski definition) is 7. The van der Waals surface area contributed by atoms with E-state index < -0.39 is 75.9 Å². The Kier molecular flexibility index (Phi) is 5.62. The van der Waals surface area contributed by atoms with E-state index in [0.29, 0.717) is 5.57 Å². The van der Waals surface area contributed by atoms with Gasteiger partial charge >= 0.3 is 5.97 Å². The van der Waals surface area contributed by atoms with E-state index in [4.69, 9.17) is 0 Å². The van der Waals surface area contributed by atoms with Crippen LogP contribution in [0.1, 0.15) is 41.6 Å². The number of Topliss-reactive ketones (excluding diaryl/α,β-unsaturated/α-hetero) is 1. The van der Waals surface area contributed by atoms with Gasteiger partial charge in [-0.3, -0.25) is 19.2 Å². The van der Waals surface area contributed by atoms with Gasteiger partial charge in [-0.1, -0.05) is 23.8 Å². The molecule has 0 spiro atoms. The van der Waals surface area contributed by atoms with Crippen molar-refractivity contribution < 1.29 is 43.7 Å². The Morgan fingerprint density at radius 2 is 1.77 bits per heavy atom. The van der Waals surface area contributed by atoms with E-state index in [-0.39, 0.29) is 40.8 Å². The second-order valence-corrected chi connectivity index (χ2v) is 10.4. The van der Waals surface area contributed by atoms with Gasteiger partial charge in [-0.05, 0) is 50.0 Å². The van der Waals surface area contributed by atoms with E-state index in [2.05, 4.69) is 0 Å². The second-order valence-electron chi connectivity index (χ2n) is 10.4. The lowest BCUT2D eigenvalue weighted by molar-refractivity contribution is -0.123. The van der Waals surface area contributed by atoms with Gasteiger partial charge in [0, 0.05) is 34.3 Å². The monoisotopic (exact) mass is 543 g/mol. The van der Waals surface area contributed by atoms with Gasteiger partial charge in [0.05, 0.1) is 17.5 Å². The van der Waals surface area contributed by atoms with Crippen molar-refractivity contribution in [2.75, 3.05) is 4.90 Å². The van der Waals surface area contributed by atoms with Crippen molar-refractivity contribution in [1.29, 1.82) is 0 Å². The molecule has 1 saturated heterocycles. The van der Waals surface area contributed by atoms with Crippen LogP contribution in [-0.2, 0) is 19.2 Å². The van der Waals surface area contributed by atoms with Crippen LogP contribution in [0, 0.1) is 23.6 Å². The lowest BCUT2D eigenvalue weighted by Gasteiger charge is -2.42. The summed E-state index contributed by atoms with van der Waals surface area (Å²) in [4.78, 5) is 66.1. The number of nitrogens with zero attached hydrogens (tertiary/aromatic N) is 1. The molecule has 0 aromatic heterocycles. The molecule has 1 heterocycles. The van der Waals surface area contributed by atoms with E-state index in [0.717, 1.165) is 23.1 Å². The van der Waals surface area contributed by atoms with Gasteiger partial charge in [0.2, 0.25) is 11.8 Å². The van der Waals surface area contributed by atoms with Crippen molar-refractivity contribution >= 4 is 35.0 Å². The predicted molar refractivity (Wildman–Crippen MR) is 137 cm³/mol. The molecular weight excluding hydrogens is 521 g/mol. The average molecular weight is 544 g/mol. The maximum absolute atomic E-state index is 14.5. The minimum Gasteiger partial charge on any atom is -0.507 e. The highest BCUT2D eigenvalue weighted by Gasteiger charge is 2.57. The fourth-order valence-electron chi connectivity index (χ4n) is 6.58. The standard InChI is InChI=1S/C30H22FNO8/c1-12-9-21(33)19-11-18-14(23(25(19)26(12)35)16-3-2-4-20(31)27(16)36)7-8-17-24(18)29(38)32(28(17)37)13-5-6-15(30(39)40)22(34)10-13/h2-7,9-10,17-18,23-24,34,36H,8,11H2,1H3,(H,39,40). The SMILES string of the molecule is CC1=CC(=O)C2=C(C1=O)C(c1cccc(F)c1O)C1=CCC3C(=O)N(c4ccc(C(=O)O)c(O)c4)C(=O)C3C1C2. The number of aromatic hydroxyl groups is 2. The van der Waals surface area contributed by atoms with Crippen LogP contribution in [0.15, 0.2) is 70.8 Å². The van der Waals surface area contributed by atoms with Crippen molar-refractivity contribution in [3.63, 3.8) is 0 Å². The number of allylic oxidation sites excluding steroid dienone is 6. The zero-order chi connectivity index (χ0) is 28.6. The molecule has 10 heteroatoms. The lowest BCUT2D eigenvalue weighted by Crippen LogP contribution is -2.39. The van der Waals surface area contributed by atoms with Gasteiger partial charge < -0.3 is 15.3 Å². The molecule has 40 heavy (non-hydrogen) atoms. The summed E-state index contributed by atoms with van der Waals surface area (Å²) < 4.78 is 14.5. The van der Waals surface area contributed by atoms with Crippen LogP contribution in [0.3, 0.4) is 0 Å². The molecule has 3 aliphatic carbocycles. The molecule has 2 aromatic carbocycles. The van der Waals surface area contributed by atoms with Gasteiger partial charge in [-0.2, -0.15) is 0 Å². The van der Waals surface area contributed by atoms with Crippen molar-refractivity contribution in [3.05, 3.63) is 87.8 Å². The van der Waals surface area contributed by atoms with Crippen molar-refractivity contribution in [1.82, 2.24) is 0 Å². The van der Waals surface area contributed by atoms with Crippen LogP contribution in [0.2, 0.25) is 0 Å². The molecule has 4 unspecified atom stereocenters. The number of anilines is 1. The van der Waals surface area contributed by atoms with Crippen molar-refractivity contribution in [2.24, 2.45) is 17.8 Å². The maximum Gasteiger partial charge on any atom is 0.339 e. The van der Waals surface area contributed by atoms with Gasteiger partial charge in [-0.25, -0.2) is 14.1 Å². The minimum atomic E-state index is -1.38. The molecule has 0 saturated carbocycles. The number of rotatable bonds is 3. The maximum atomic E-state index is 14.5. The summed E-state index contributed by atoms with van der Waals surface area (Å²) in [5, 5.41) is 30.1. The first-order valence-corrected chi connectivity index (χ1v) is 12.6. The number of para-hydroxylation sites is 1. The topological polar surface area (TPSA) is 149 Å². The third-order valence-corrected chi connectivity index (χ3v) is 8.36. The van der Waals surface area contributed by atoms with Crippen LogP contribution in [-0.4, -0.2) is 44.7 Å². The summed E-state index contributed by atoms with van der Waals surface area (Å²) in [5.74, 6) is -8.97. The number of phenols is 2. The highest BCUT2D eigenvalue weighted by Crippen LogP contribution is 2.56. The highest BCUT2D eigenvalue weighted by atomic mass is 19.1. The molecule has 0 bridgehead atoms. The Balaban J connectivity index is 1.48. The second kappa shape index (κ2) is 8.84. The summed E-state index contributed by atoms with van der Waals surface area (Å²) in [6.45, 7) is 1.51. The number of imide groups is 1. The summed E-state index contributed by atoms with van der Waals surface area (Å²) in [7, 11) is 0. The first-order valence-electron chi connectivity index (χ1n) is 12.6. The fourth-order valence-corrected chi connectivity index (χ4v) is 6.58. The van der Waals surface area contributed by atoms with Gasteiger partial charge in [0.1, 0.15) is 11.3 Å². The number of ketones is 2. The van der Waals surface area contributed by atoms with E-state index in [1.807, 2.05) is 0 Å². The molecular formula is C30H22FNO8. The Labute approximate surface area is 226 Å². The number of halogens is 1. The summed E-state index contributed by atoms with van der Waals surface area (Å²) in [6.07, 6.45) is 3.07. The molecule has 202 valence electrons. The lowest BCUT2D eigenvalue weighted by atomic mass is 9.59. The quantitative estimate of drug-likeness (QED) is 0.302. The summed E-state index contributed by atoms with van der Waals surface area (Å²) in [5.41, 5.74) is 0.747. The smallest absolute Gasteiger partial charge is 0.339 e. The Bertz CT molecular complexity index is 1680. The number of carboxylic acid groups (broad SMARTS) is 1. The number of aromatic carboxylic acids is 1. The Morgan fingerprint density at radius 1 is 1.02 bits per heavy atom. The van der Waals surface area contributed by atoms with Crippen LogP contribution < -0.4 is 4.90 Å². The van der Waals surface area contributed by atoms with Gasteiger partial charge in [-0.15, -0.1) is 0 Å². The van der Waals surface area contributed by atoms with Crippen molar-refractivity contribution in [2.45, 2.75) is 25.7 Å². The molecule has 4 atom stereocenters. The van der Waals surface area contributed by atoms with Crippen LogP contribution >= 0.6 is 0 Å². The number of carbonyl (C=O) groups is 5. The third kappa shape index (κ3) is 3.48. The molecule has 9 nitrogen and oxygen atoms in total. The number of fused-ring (bicyclic) bond motifs is 3. The molecule has 3 N–H and O–H groups in total. The van der Waals surface area contributed by atoms with Crippen LogP contribution in [0.25, 0.3) is 0 Å². The Morgan fingerprint density at radius 3 is 2.48 bits per heavy atom. The zero-order valence-electron chi connectivity index (χ0n) is 21.1. The molecule has 2 aromatic rings. The number of hydrogen-bond donors (Lipinski definition) is 3. The predicted octanol–water partition coefficient (Wildman–Crippen LogP) is 3.57. The van der Waals surface area contributed by atoms with Crippen LogP contribution in [0.4, 0.5) is 10.1 Å². The average Bonchev–Trinajstić information content (AvgIpc) is 3.17. The highest BCUT2D eigenvalue weighted by molar-refractivity contribution is 6.25. The zero-order valence-corrected chi connectivity index (χ0v) is 21.1. The summed E-state index contributed by atoms with van der Waals surface area (Å²) in [6, 6.07) is 7.32. The molecule has 1 aliphatic heterocycles. The molecule has 6 rings (SSSR count). The van der Waals surface area contributed by atoms with Gasteiger partial charge in [0.25, 0.3) is 0 Å². The number of carbonyl (C=O) groups excluding carboxylic acids is 4. The van der Waals surface area contributed by atoms with E-state index in [1.54, 1.807) is 6.08 Å². The molecule has 1 fully saturated rings. The van der Waals surface area contributed by atoms with E-state index in [1.165, 1.54) is 31.2 Å². The number of phenolic OH excluding ortho intramolecular Hbond substituents is 1. The number of benzene rings is 2. The first kappa shape index (κ1) is 25.4.